The Hall–Kier alpha value is -0.910. The summed E-state index contributed by atoms with van der Waals surface area (Å²) in [6.07, 6.45) is 3.68. The summed E-state index contributed by atoms with van der Waals surface area (Å²) in [5.74, 6) is 0.586. The minimum absolute atomic E-state index is 0.278. The summed E-state index contributed by atoms with van der Waals surface area (Å²) in [6.45, 7) is 2.41. The van der Waals surface area contributed by atoms with Crippen molar-refractivity contribution in [3.63, 3.8) is 0 Å². The maximum Gasteiger partial charge on any atom is 0.211 e. The van der Waals surface area contributed by atoms with Crippen LogP contribution in [0, 0.1) is 5.92 Å². The van der Waals surface area contributed by atoms with Gasteiger partial charge in [0.15, 0.2) is 0 Å². The Morgan fingerprint density at radius 1 is 1.15 bits per heavy atom. The third-order valence-corrected chi connectivity index (χ3v) is 5.28. The van der Waals surface area contributed by atoms with Crippen molar-refractivity contribution < 1.29 is 8.42 Å². The largest absolute Gasteiger partial charge is 0.317 e. The highest BCUT2D eigenvalue weighted by Crippen LogP contribution is 2.13. The van der Waals surface area contributed by atoms with E-state index in [-0.39, 0.29) is 5.75 Å². The maximum atomic E-state index is 12.0. The molecule has 0 spiro atoms. The summed E-state index contributed by atoms with van der Waals surface area (Å²) >= 11 is 0. The Bertz CT molecular complexity index is 482. The van der Waals surface area contributed by atoms with Crippen LogP contribution < -0.4 is 10.0 Å². The van der Waals surface area contributed by atoms with Crippen molar-refractivity contribution in [2.24, 2.45) is 5.92 Å². The Morgan fingerprint density at radius 3 is 2.55 bits per heavy atom. The highest BCUT2D eigenvalue weighted by atomic mass is 32.2. The Balaban J connectivity index is 1.67. The van der Waals surface area contributed by atoms with Gasteiger partial charge in [-0.1, -0.05) is 30.3 Å². The lowest BCUT2D eigenvalue weighted by molar-refractivity contribution is 0.400. The number of piperidine rings is 1. The molecule has 1 aliphatic rings. The number of hydrogen-bond acceptors (Lipinski definition) is 3. The molecule has 0 amide bonds. The fourth-order valence-corrected chi connectivity index (χ4v) is 4.11. The van der Waals surface area contributed by atoms with Crippen LogP contribution in [0.1, 0.15) is 24.8 Å². The van der Waals surface area contributed by atoms with E-state index in [0.717, 1.165) is 38.8 Å². The first-order chi connectivity index (χ1) is 9.66. The molecule has 5 heteroatoms. The zero-order chi connectivity index (χ0) is 14.3. The third-order valence-electron chi connectivity index (χ3n) is 3.72. The Morgan fingerprint density at radius 2 is 1.85 bits per heavy atom. The van der Waals surface area contributed by atoms with E-state index in [0.29, 0.717) is 12.5 Å². The molecule has 0 atom stereocenters. The molecule has 0 radical (unpaired) electrons. The summed E-state index contributed by atoms with van der Waals surface area (Å²) in [7, 11) is -3.11. The molecule has 1 saturated heterocycles. The summed E-state index contributed by atoms with van der Waals surface area (Å²) < 4.78 is 26.7. The van der Waals surface area contributed by atoms with E-state index in [4.69, 9.17) is 0 Å². The van der Waals surface area contributed by atoms with Crippen LogP contribution in [0.2, 0.25) is 0 Å². The van der Waals surface area contributed by atoms with Crippen molar-refractivity contribution in [2.75, 3.05) is 25.4 Å². The Kier molecular flexibility index (Phi) is 6.01. The highest BCUT2D eigenvalue weighted by molar-refractivity contribution is 7.89. The molecule has 4 nitrogen and oxygen atoms in total. The molecule has 2 N–H and O–H groups in total. The summed E-state index contributed by atoms with van der Waals surface area (Å²) in [4.78, 5) is 0. The molecular weight excluding hydrogens is 272 g/mol. The van der Waals surface area contributed by atoms with Crippen LogP contribution in [-0.4, -0.2) is 33.8 Å². The number of hydrogen-bond donors (Lipinski definition) is 2. The van der Waals surface area contributed by atoms with Crippen LogP contribution in [0.25, 0.3) is 0 Å². The normalized spacial score (nSPS) is 17.2. The number of sulfonamides is 1. The number of nitrogens with one attached hydrogen (secondary N) is 2. The molecule has 0 unspecified atom stereocenters. The van der Waals surface area contributed by atoms with Crippen molar-refractivity contribution in [1.82, 2.24) is 10.0 Å². The topological polar surface area (TPSA) is 58.2 Å². The standard InChI is InChI=1S/C15H24N2O2S/c18-20(19,13-15-8-11-16-12-9-15)17-10-4-7-14-5-2-1-3-6-14/h1-3,5-6,15-17H,4,7-13H2. The first kappa shape index (κ1) is 15.5. The van der Waals surface area contributed by atoms with Gasteiger partial charge in [-0.3, -0.25) is 0 Å². The first-order valence-electron chi connectivity index (χ1n) is 7.38. The smallest absolute Gasteiger partial charge is 0.211 e. The molecule has 1 aromatic carbocycles. The predicted octanol–water partition coefficient (Wildman–Crippen LogP) is 1.54. The average molecular weight is 296 g/mol. The molecule has 0 aromatic heterocycles. The van der Waals surface area contributed by atoms with Gasteiger partial charge < -0.3 is 5.32 Å². The van der Waals surface area contributed by atoms with Gasteiger partial charge in [0, 0.05) is 6.54 Å². The van der Waals surface area contributed by atoms with Gasteiger partial charge in [-0.25, -0.2) is 13.1 Å². The number of aryl methyl sites for hydroxylation is 1. The molecule has 20 heavy (non-hydrogen) atoms. The number of rotatable bonds is 7. The van der Waals surface area contributed by atoms with E-state index in [1.54, 1.807) is 0 Å². The van der Waals surface area contributed by atoms with Crippen LogP contribution >= 0.6 is 0 Å². The van der Waals surface area contributed by atoms with Crippen molar-refractivity contribution in [2.45, 2.75) is 25.7 Å². The average Bonchev–Trinajstić information content (AvgIpc) is 2.45. The van der Waals surface area contributed by atoms with E-state index in [1.165, 1.54) is 5.56 Å². The van der Waals surface area contributed by atoms with Gasteiger partial charge in [-0.05, 0) is 50.3 Å². The van der Waals surface area contributed by atoms with Gasteiger partial charge in [0.05, 0.1) is 5.75 Å². The van der Waals surface area contributed by atoms with E-state index < -0.39 is 10.0 Å². The second kappa shape index (κ2) is 7.76. The van der Waals surface area contributed by atoms with Crippen LogP contribution in [0.5, 0.6) is 0 Å². The van der Waals surface area contributed by atoms with E-state index in [1.807, 2.05) is 18.2 Å². The van der Waals surface area contributed by atoms with Crippen LogP contribution in [0.4, 0.5) is 0 Å². The second-order valence-corrected chi connectivity index (χ2v) is 7.31. The molecule has 1 fully saturated rings. The molecule has 2 rings (SSSR count). The summed E-state index contributed by atoms with van der Waals surface area (Å²) in [5, 5.41) is 3.26. The minimum Gasteiger partial charge on any atom is -0.317 e. The summed E-state index contributed by atoms with van der Waals surface area (Å²) in [5.41, 5.74) is 1.25. The molecule has 0 saturated carbocycles. The van der Waals surface area contributed by atoms with E-state index in [2.05, 4.69) is 22.2 Å². The lowest BCUT2D eigenvalue weighted by Gasteiger charge is -2.22. The fourth-order valence-electron chi connectivity index (χ4n) is 2.58. The van der Waals surface area contributed by atoms with Crippen LogP contribution in [0.3, 0.4) is 0 Å². The zero-order valence-corrected chi connectivity index (χ0v) is 12.7. The van der Waals surface area contributed by atoms with Crippen molar-refractivity contribution >= 4 is 10.0 Å². The molecule has 1 heterocycles. The quantitative estimate of drug-likeness (QED) is 0.750. The van der Waals surface area contributed by atoms with Gasteiger partial charge >= 0.3 is 0 Å². The first-order valence-corrected chi connectivity index (χ1v) is 9.03. The second-order valence-electron chi connectivity index (χ2n) is 5.46. The summed E-state index contributed by atoms with van der Waals surface area (Å²) in [6, 6.07) is 10.2. The fraction of sp³-hybridized carbons (Fsp3) is 0.600. The lowest BCUT2D eigenvalue weighted by Crippen LogP contribution is -2.36. The van der Waals surface area contributed by atoms with Crippen LogP contribution in [0.15, 0.2) is 30.3 Å². The lowest BCUT2D eigenvalue weighted by atomic mass is 10.0. The van der Waals surface area contributed by atoms with Gasteiger partial charge in [0.1, 0.15) is 0 Å². The van der Waals surface area contributed by atoms with Gasteiger partial charge in [0.2, 0.25) is 10.0 Å². The molecule has 112 valence electrons. The number of benzene rings is 1. The predicted molar refractivity (Wildman–Crippen MR) is 82.1 cm³/mol. The van der Waals surface area contributed by atoms with E-state index in [9.17, 15) is 8.42 Å². The van der Waals surface area contributed by atoms with Gasteiger partial charge in [-0.15, -0.1) is 0 Å². The molecule has 0 aliphatic carbocycles. The molecule has 1 aliphatic heterocycles. The third kappa shape index (κ3) is 5.61. The SMILES string of the molecule is O=S(=O)(CC1CCNCC1)NCCCc1ccccc1. The Labute approximate surface area is 122 Å². The van der Waals surface area contributed by atoms with E-state index >= 15 is 0 Å². The maximum absolute atomic E-state index is 12.0. The van der Waals surface area contributed by atoms with Crippen LogP contribution in [-0.2, 0) is 16.4 Å². The van der Waals surface area contributed by atoms with Gasteiger partial charge in [0.25, 0.3) is 0 Å². The minimum atomic E-state index is -3.11. The molecular formula is C15H24N2O2S. The van der Waals surface area contributed by atoms with Crippen molar-refractivity contribution in [1.29, 1.82) is 0 Å². The van der Waals surface area contributed by atoms with Crippen molar-refractivity contribution in [3.05, 3.63) is 35.9 Å². The molecule has 1 aromatic rings. The monoisotopic (exact) mass is 296 g/mol. The molecule has 0 bridgehead atoms. The zero-order valence-electron chi connectivity index (χ0n) is 11.8. The van der Waals surface area contributed by atoms with Gasteiger partial charge in [-0.2, -0.15) is 0 Å². The highest BCUT2D eigenvalue weighted by Gasteiger charge is 2.20. The van der Waals surface area contributed by atoms with Crippen molar-refractivity contribution in [3.8, 4) is 0 Å².